The highest BCUT2D eigenvalue weighted by atomic mass is 79.9. The number of nitrogens with one attached hydrogen (secondary N) is 1. The Morgan fingerprint density at radius 2 is 1.95 bits per heavy atom. The predicted octanol–water partition coefficient (Wildman–Crippen LogP) is 4.26. The van der Waals surface area contributed by atoms with Crippen molar-refractivity contribution in [1.29, 1.82) is 0 Å². The molecule has 0 aliphatic heterocycles. The van der Waals surface area contributed by atoms with E-state index in [4.69, 9.17) is 5.84 Å². The highest BCUT2D eigenvalue weighted by molar-refractivity contribution is 9.11. The molecule has 0 bridgehead atoms. The van der Waals surface area contributed by atoms with Crippen LogP contribution in [0.25, 0.3) is 0 Å². The molecule has 0 amide bonds. The molecule has 2 rings (SSSR count). The van der Waals surface area contributed by atoms with Crippen molar-refractivity contribution in [2.45, 2.75) is 12.5 Å². The van der Waals surface area contributed by atoms with Crippen molar-refractivity contribution in [3.05, 3.63) is 61.0 Å². The minimum absolute atomic E-state index is 0.226. The van der Waals surface area contributed by atoms with Gasteiger partial charge in [-0.1, -0.05) is 15.9 Å². The molecule has 1 aromatic heterocycles. The third-order valence-corrected chi connectivity index (χ3v) is 4.64. The molecule has 2 aromatic rings. The van der Waals surface area contributed by atoms with E-state index in [1.54, 1.807) is 12.3 Å². The van der Waals surface area contributed by atoms with E-state index in [9.17, 15) is 4.39 Å². The Morgan fingerprint density at radius 3 is 2.60 bits per heavy atom. The summed E-state index contributed by atoms with van der Waals surface area (Å²) in [5, 5.41) is 0. The molecule has 0 saturated heterocycles. The fourth-order valence-corrected chi connectivity index (χ4v) is 3.51. The van der Waals surface area contributed by atoms with Crippen molar-refractivity contribution in [1.82, 2.24) is 10.4 Å². The number of rotatable bonds is 4. The number of pyridine rings is 1. The average molecular weight is 468 g/mol. The Labute approximate surface area is 141 Å². The topological polar surface area (TPSA) is 50.9 Å². The van der Waals surface area contributed by atoms with Crippen LogP contribution in [-0.2, 0) is 6.42 Å². The van der Waals surface area contributed by atoms with E-state index in [-0.39, 0.29) is 11.9 Å². The van der Waals surface area contributed by atoms with Gasteiger partial charge >= 0.3 is 0 Å². The maximum absolute atomic E-state index is 13.3. The lowest BCUT2D eigenvalue weighted by Gasteiger charge is -2.18. The van der Waals surface area contributed by atoms with E-state index >= 15 is 0 Å². The van der Waals surface area contributed by atoms with Crippen LogP contribution in [0.15, 0.2) is 43.9 Å². The van der Waals surface area contributed by atoms with Crippen LogP contribution in [0.3, 0.4) is 0 Å². The van der Waals surface area contributed by atoms with Gasteiger partial charge in [-0.25, -0.2) is 4.39 Å². The van der Waals surface area contributed by atoms with Gasteiger partial charge in [0, 0.05) is 19.6 Å². The van der Waals surface area contributed by atoms with Gasteiger partial charge in [-0.2, -0.15) is 0 Å². The molecule has 0 aliphatic carbocycles. The number of benzene rings is 1. The molecule has 0 radical (unpaired) electrons. The van der Waals surface area contributed by atoms with Gasteiger partial charge in [-0.15, -0.1) is 0 Å². The molecule has 0 fully saturated rings. The Kier molecular flexibility index (Phi) is 5.68. The lowest BCUT2D eigenvalue weighted by Crippen LogP contribution is -2.30. The number of nitrogens with zero attached hydrogens (tertiary/aromatic N) is 1. The molecule has 1 aromatic carbocycles. The lowest BCUT2D eigenvalue weighted by atomic mass is 10.0. The summed E-state index contributed by atoms with van der Waals surface area (Å²) in [6.45, 7) is 0. The van der Waals surface area contributed by atoms with Crippen LogP contribution in [0.5, 0.6) is 0 Å². The van der Waals surface area contributed by atoms with Gasteiger partial charge in [0.25, 0.3) is 0 Å². The van der Waals surface area contributed by atoms with Gasteiger partial charge in [-0.05, 0) is 68.1 Å². The van der Waals surface area contributed by atoms with Crippen LogP contribution in [0, 0.1) is 5.82 Å². The monoisotopic (exact) mass is 465 g/mol. The van der Waals surface area contributed by atoms with Crippen molar-refractivity contribution in [3.8, 4) is 0 Å². The van der Waals surface area contributed by atoms with Crippen molar-refractivity contribution >= 4 is 47.8 Å². The summed E-state index contributed by atoms with van der Waals surface area (Å²) >= 11 is 10.2. The van der Waals surface area contributed by atoms with Crippen LogP contribution in [0.4, 0.5) is 4.39 Å². The molecule has 3 N–H and O–H groups in total. The molecule has 3 nitrogen and oxygen atoms in total. The van der Waals surface area contributed by atoms with Gasteiger partial charge in [0.15, 0.2) is 0 Å². The molecule has 106 valence electrons. The maximum atomic E-state index is 13.3. The second-order valence-electron chi connectivity index (χ2n) is 4.18. The molecule has 7 heteroatoms. The zero-order valence-corrected chi connectivity index (χ0v) is 15.0. The first-order chi connectivity index (χ1) is 9.51. The Hall–Kier alpha value is -0.340. The van der Waals surface area contributed by atoms with Gasteiger partial charge in [0.05, 0.1) is 11.7 Å². The van der Waals surface area contributed by atoms with Gasteiger partial charge < -0.3 is 0 Å². The number of hydrazine groups is 1. The average Bonchev–Trinajstić information content (AvgIpc) is 2.40. The summed E-state index contributed by atoms with van der Waals surface area (Å²) in [7, 11) is 0. The third kappa shape index (κ3) is 3.85. The molecule has 0 spiro atoms. The lowest BCUT2D eigenvalue weighted by molar-refractivity contribution is 0.532. The van der Waals surface area contributed by atoms with Crippen LogP contribution >= 0.6 is 47.8 Å². The Balaban J connectivity index is 2.31. The second-order valence-corrected chi connectivity index (χ2v) is 6.80. The first-order valence-corrected chi connectivity index (χ1v) is 8.10. The normalized spacial score (nSPS) is 12.4. The van der Waals surface area contributed by atoms with E-state index in [1.807, 2.05) is 6.07 Å². The van der Waals surface area contributed by atoms with Crippen molar-refractivity contribution in [2.24, 2.45) is 5.84 Å². The van der Waals surface area contributed by atoms with E-state index in [0.29, 0.717) is 6.42 Å². The summed E-state index contributed by atoms with van der Waals surface area (Å²) in [5.41, 5.74) is 4.32. The fourth-order valence-electron chi connectivity index (χ4n) is 1.84. The van der Waals surface area contributed by atoms with Crippen molar-refractivity contribution < 1.29 is 4.39 Å². The third-order valence-electron chi connectivity index (χ3n) is 2.80. The first kappa shape index (κ1) is 16.0. The molecule has 1 heterocycles. The van der Waals surface area contributed by atoms with Gasteiger partial charge in [-0.3, -0.25) is 16.3 Å². The molecule has 1 atom stereocenters. The maximum Gasteiger partial charge on any atom is 0.123 e. The van der Waals surface area contributed by atoms with Gasteiger partial charge in [0.2, 0.25) is 0 Å². The minimum Gasteiger partial charge on any atom is -0.271 e. The van der Waals surface area contributed by atoms with Crippen LogP contribution in [-0.4, -0.2) is 4.98 Å². The van der Waals surface area contributed by atoms with Gasteiger partial charge in [0.1, 0.15) is 5.82 Å². The molecule has 0 aliphatic rings. The van der Waals surface area contributed by atoms with E-state index in [1.165, 1.54) is 12.1 Å². The van der Waals surface area contributed by atoms with Crippen molar-refractivity contribution in [2.75, 3.05) is 0 Å². The molecular weight excluding hydrogens is 457 g/mol. The largest absolute Gasteiger partial charge is 0.271 e. The summed E-state index contributed by atoms with van der Waals surface area (Å²) in [6.07, 6.45) is 2.22. The zero-order valence-electron chi connectivity index (χ0n) is 10.2. The number of hydrogen-bond donors (Lipinski definition) is 2. The summed E-state index contributed by atoms with van der Waals surface area (Å²) in [6, 6.07) is 6.25. The first-order valence-electron chi connectivity index (χ1n) is 5.72. The SMILES string of the molecule is NNC(Cc1cc(F)ccc1Br)c1ncc(Br)cc1Br. The standard InChI is InChI=1S/C13H11Br3FN3/c14-8-5-11(16)13(19-6-8)12(20-18)4-7-3-9(17)1-2-10(7)15/h1-3,5-6,12,20H,4,18H2. The van der Waals surface area contributed by atoms with Crippen molar-refractivity contribution in [3.63, 3.8) is 0 Å². The molecule has 20 heavy (non-hydrogen) atoms. The molecule has 1 unspecified atom stereocenters. The second kappa shape index (κ2) is 7.09. The molecular formula is C13H11Br3FN3. The summed E-state index contributed by atoms with van der Waals surface area (Å²) in [4.78, 5) is 4.35. The highest BCUT2D eigenvalue weighted by Gasteiger charge is 2.17. The number of halogens is 4. The Morgan fingerprint density at radius 1 is 1.20 bits per heavy atom. The van der Waals surface area contributed by atoms with E-state index < -0.39 is 0 Å². The van der Waals surface area contributed by atoms with Crippen LogP contribution in [0.2, 0.25) is 0 Å². The van der Waals surface area contributed by atoms with Crippen LogP contribution in [0.1, 0.15) is 17.3 Å². The minimum atomic E-state index is -0.276. The predicted molar refractivity (Wildman–Crippen MR) is 87.5 cm³/mol. The van der Waals surface area contributed by atoms with Crippen LogP contribution < -0.4 is 11.3 Å². The highest BCUT2D eigenvalue weighted by Crippen LogP contribution is 2.28. The Bertz CT molecular complexity index is 622. The smallest absolute Gasteiger partial charge is 0.123 e. The number of nitrogens with two attached hydrogens (primary N) is 1. The summed E-state index contributed by atoms with van der Waals surface area (Å²) in [5.74, 6) is 5.34. The number of aromatic nitrogens is 1. The van der Waals surface area contributed by atoms with E-state index in [0.717, 1.165) is 24.7 Å². The summed E-state index contributed by atoms with van der Waals surface area (Å²) < 4.78 is 15.9. The quantitative estimate of drug-likeness (QED) is 0.522. The zero-order chi connectivity index (χ0) is 14.7. The van der Waals surface area contributed by atoms with E-state index in [2.05, 4.69) is 58.2 Å². The molecule has 0 saturated carbocycles. The fraction of sp³-hybridized carbons (Fsp3) is 0.154. The number of hydrogen-bond acceptors (Lipinski definition) is 3.